The number of benzene rings is 1. The fraction of sp³-hybridized carbons (Fsp3) is 0.389. The number of nitrogens with one attached hydrogen (secondary N) is 1. The Kier molecular flexibility index (Phi) is 5.10. The fourth-order valence-corrected chi connectivity index (χ4v) is 2.23. The fourth-order valence-electron chi connectivity index (χ4n) is 2.23. The molecular weight excluding hydrogens is 294 g/mol. The van der Waals surface area contributed by atoms with E-state index in [4.69, 9.17) is 9.15 Å². The summed E-state index contributed by atoms with van der Waals surface area (Å²) < 4.78 is 11.0. The SMILES string of the molecule is O=C(/C=C/c1cc2ccccc2o1)NCC(O)COCC1CC1. The van der Waals surface area contributed by atoms with Crippen LogP contribution in [0.25, 0.3) is 17.0 Å². The number of fused-ring (bicyclic) bond motifs is 1. The molecule has 1 heterocycles. The third kappa shape index (κ3) is 4.94. The zero-order valence-electron chi connectivity index (χ0n) is 12.9. The molecule has 0 saturated heterocycles. The number of aliphatic hydroxyl groups is 1. The van der Waals surface area contributed by atoms with Crippen LogP contribution in [0.3, 0.4) is 0 Å². The summed E-state index contributed by atoms with van der Waals surface area (Å²) in [6.45, 7) is 1.13. The highest BCUT2D eigenvalue weighted by Crippen LogP contribution is 2.28. The summed E-state index contributed by atoms with van der Waals surface area (Å²) in [5.41, 5.74) is 0.788. The number of carbonyl (C=O) groups is 1. The van der Waals surface area contributed by atoms with Crippen LogP contribution in [0.5, 0.6) is 0 Å². The molecule has 1 fully saturated rings. The zero-order chi connectivity index (χ0) is 16.1. The molecule has 1 atom stereocenters. The number of rotatable bonds is 8. The predicted molar refractivity (Wildman–Crippen MR) is 87.8 cm³/mol. The van der Waals surface area contributed by atoms with E-state index in [1.807, 2.05) is 30.3 Å². The van der Waals surface area contributed by atoms with E-state index in [1.54, 1.807) is 6.08 Å². The van der Waals surface area contributed by atoms with Crippen molar-refractivity contribution in [1.29, 1.82) is 0 Å². The van der Waals surface area contributed by atoms with E-state index in [0.29, 0.717) is 18.3 Å². The Bertz CT molecular complexity index is 654. The van der Waals surface area contributed by atoms with Crippen LogP contribution in [-0.2, 0) is 9.53 Å². The normalized spacial score (nSPS) is 16.0. The average molecular weight is 315 g/mol. The maximum Gasteiger partial charge on any atom is 0.244 e. The summed E-state index contributed by atoms with van der Waals surface area (Å²) >= 11 is 0. The third-order valence-corrected chi connectivity index (χ3v) is 3.72. The maximum absolute atomic E-state index is 11.7. The van der Waals surface area contributed by atoms with Crippen LogP contribution < -0.4 is 5.32 Å². The van der Waals surface area contributed by atoms with Gasteiger partial charge < -0.3 is 19.6 Å². The summed E-state index contributed by atoms with van der Waals surface area (Å²) in [5, 5.41) is 13.4. The van der Waals surface area contributed by atoms with E-state index in [0.717, 1.165) is 11.0 Å². The van der Waals surface area contributed by atoms with Gasteiger partial charge in [0.15, 0.2) is 0 Å². The van der Waals surface area contributed by atoms with E-state index >= 15 is 0 Å². The van der Waals surface area contributed by atoms with E-state index in [-0.39, 0.29) is 19.1 Å². The first-order chi connectivity index (χ1) is 11.2. The maximum atomic E-state index is 11.7. The van der Waals surface area contributed by atoms with Gasteiger partial charge in [-0.25, -0.2) is 0 Å². The molecule has 5 nitrogen and oxygen atoms in total. The van der Waals surface area contributed by atoms with Crippen LogP contribution in [0.2, 0.25) is 0 Å². The lowest BCUT2D eigenvalue weighted by Crippen LogP contribution is -2.33. The van der Waals surface area contributed by atoms with Gasteiger partial charge in [0, 0.05) is 24.6 Å². The summed E-state index contributed by atoms with van der Waals surface area (Å²) in [4.78, 5) is 11.7. The molecule has 2 aromatic rings. The van der Waals surface area contributed by atoms with Crippen LogP contribution in [0.15, 0.2) is 40.8 Å². The topological polar surface area (TPSA) is 71.7 Å². The second-order valence-electron chi connectivity index (χ2n) is 5.90. The highest BCUT2D eigenvalue weighted by molar-refractivity contribution is 5.92. The Labute approximate surface area is 134 Å². The molecule has 23 heavy (non-hydrogen) atoms. The molecule has 1 amide bonds. The van der Waals surface area contributed by atoms with Crippen molar-refractivity contribution in [2.45, 2.75) is 18.9 Å². The lowest BCUT2D eigenvalue weighted by molar-refractivity contribution is -0.117. The van der Waals surface area contributed by atoms with Crippen molar-refractivity contribution in [3.63, 3.8) is 0 Å². The molecular formula is C18H21NO4. The van der Waals surface area contributed by atoms with Gasteiger partial charge in [-0.2, -0.15) is 0 Å². The van der Waals surface area contributed by atoms with Gasteiger partial charge in [-0.3, -0.25) is 4.79 Å². The van der Waals surface area contributed by atoms with Crippen molar-refractivity contribution in [2.24, 2.45) is 5.92 Å². The first kappa shape index (κ1) is 15.8. The zero-order valence-corrected chi connectivity index (χ0v) is 12.9. The van der Waals surface area contributed by atoms with Crippen LogP contribution in [0.1, 0.15) is 18.6 Å². The lowest BCUT2D eigenvalue weighted by atomic mass is 10.2. The molecule has 3 rings (SSSR count). The number of amides is 1. The first-order valence-electron chi connectivity index (χ1n) is 7.91. The minimum Gasteiger partial charge on any atom is -0.457 e. The van der Waals surface area contributed by atoms with E-state index in [9.17, 15) is 9.90 Å². The van der Waals surface area contributed by atoms with Crippen LogP contribution in [0.4, 0.5) is 0 Å². The number of furan rings is 1. The highest BCUT2D eigenvalue weighted by Gasteiger charge is 2.21. The number of aliphatic hydroxyl groups excluding tert-OH is 1. The van der Waals surface area contributed by atoms with Crippen LogP contribution in [-0.4, -0.2) is 36.9 Å². The molecule has 0 spiro atoms. The summed E-state index contributed by atoms with van der Waals surface area (Å²) in [6, 6.07) is 9.54. The van der Waals surface area contributed by atoms with Crippen molar-refractivity contribution < 1.29 is 19.1 Å². The third-order valence-electron chi connectivity index (χ3n) is 3.72. The smallest absolute Gasteiger partial charge is 0.244 e. The number of ether oxygens (including phenoxy) is 1. The molecule has 1 aromatic heterocycles. The molecule has 0 radical (unpaired) electrons. The Morgan fingerprint density at radius 2 is 2.26 bits per heavy atom. The van der Waals surface area contributed by atoms with Gasteiger partial charge in [0.2, 0.25) is 5.91 Å². The predicted octanol–water partition coefficient (Wildman–Crippen LogP) is 2.35. The Morgan fingerprint density at radius 1 is 1.43 bits per heavy atom. The van der Waals surface area contributed by atoms with Gasteiger partial charge in [-0.1, -0.05) is 18.2 Å². The first-order valence-corrected chi connectivity index (χ1v) is 7.91. The number of para-hydroxylation sites is 1. The Hall–Kier alpha value is -2.11. The monoisotopic (exact) mass is 315 g/mol. The molecule has 122 valence electrons. The molecule has 0 aliphatic heterocycles. The molecule has 0 bridgehead atoms. The van der Waals surface area contributed by atoms with E-state index < -0.39 is 6.10 Å². The molecule has 1 saturated carbocycles. The average Bonchev–Trinajstić information content (AvgIpc) is 3.27. The molecule has 2 N–H and O–H groups in total. The molecule has 1 aromatic carbocycles. The number of carbonyl (C=O) groups excluding carboxylic acids is 1. The Morgan fingerprint density at radius 3 is 3.04 bits per heavy atom. The van der Waals surface area contributed by atoms with Crippen LogP contribution in [0, 0.1) is 5.92 Å². The quantitative estimate of drug-likeness (QED) is 0.734. The van der Waals surface area contributed by atoms with E-state index in [2.05, 4.69) is 5.32 Å². The van der Waals surface area contributed by atoms with E-state index in [1.165, 1.54) is 18.9 Å². The lowest BCUT2D eigenvalue weighted by Gasteiger charge is -2.11. The van der Waals surface area contributed by atoms with Gasteiger partial charge in [-0.15, -0.1) is 0 Å². The highest BCUT2D eigenvalue weighted by atomic mass is 16.5. The number of hydrogen-bond acceptors (Lipinski definition) is 4. The van der Waals surface area contributed by atoms with Gasteiger partial charge >= 0.3 is 0 Å². The van der Waals surface area contributed by atoms with Crippen molar-refractivity contribution in [3.05, 3.63) is 42.2 Å². The minimum absolute atomic E-state index is 0.175. The Balaban J connectivity index is 1.40. The summed E-state index contributed by atoms with van der Waals surface area (Å²) in [6.07, 6.45) is 4.77. The van der Waals surface area contributed by atoms with Gasteiger partial charge in [0.05, 0.1) is 12.7 Å². The van der Waals surface area contributed by atoms with Crippen molar-refractivity contribution in [2.75, 3.05) is 19.8 Å². The van der Waals surface area contributed by atoms with Gasteiger partial charge in [0.1, 0.15) is 11.3 Å². The molecule has 5 heteroatoms. The second kappa shape index (κ2) is 7.44. The molecule has 1 aliphatic carbocycles. The minimum atomic E-state index is -0.683. The van der Waals surface area contributed by atoms with Crippen molar-refractivity contribution in [3.8, 4) is 0 Å². The number of hydrogen-bond donors (Lipinski definition) is 2. The molecule has 1 unspecified atom stereocenters. The van der Waals surface area contributed by atoms with Crippen molar-refractivity contribution in [1.82, 2.24) is 5.32 Å². The largest absolute Gasteiger partial charge is 0.457 e. The summed E-state index contributed by atoms with van der Waals surface area (Å²) in [5.74, 6) is 1.02. The summed E-state index contributed by atoms with van der Waals surface area (Å²) in [7, 11) is 0. The van der Waals surface area contributed by atoms with Gasteiger partial charge in [0.25, 0.3) is 0 Å². The van der Waals surface area contributed by atoms with Gasteiger partial charge in [-0.05, 0) is 37.0 Å². The van der Waals surface area contributed by atoms with Crippen LogP contribution >= 0.6 is 0 Å². The molecule has 1 aliphatic rings. The second-order valence-corrected chi connectivity index (χ2v) is 5.90. The standard InChI is InChI=1S/C18H21NO4/c20-15(12-22-11-13-5-6-13)10-19-18(21)8-7-16-9-14-3-1-2-4-17(14)23-16/h1-4,7-9,13,15,20H,5-6,10-12H2,(H,19,21)/b8-7+. The van der Waals surface area contributed by atoms with Crippen molar-refractivity contribution >= 4 is 23.0 Å².